The Balaban J connectivity index is 1.77. The summed E-state index contributed by atoms with van der Waals surface area (Å²) in [6, 6.07) is 9.24. The van der Waals surface area contributed by atoms with Crippen molar-refractivity contribution >= 4 is 17.0 Å². The van der Waals surface area contributed by atoms with Crippen molar-refractivity contribution in [3.8, 4) is 0 Å². The largest absolute Gasteiger partial charge is 0.386 e. The van der Waals surface area contributed by atoms with E-state index in [0.29, 0.717) is 22.8 Å². The fourth-order valence-corrected chi connectivity index (χ4v) is 3.38. The third-order valence-corrected chi connectivity index (χ3v) is 5.01. The van der Waals surface area contributed by atoms with Gasteiger partial charge in [0.1, 0.15) is 5.82 Å². The van der Waals surface area contributed by atoms with Gasteiger partial charge in [0.15, 0.2) is 17.0 Å². The lowest BCUT2D eigenvalue weighted by Crippen LogP contribution is -2.27. The van der Waals surface area contributed by atoms with Crippen LogP contribution in [0.1, 0.15) is 44.7 Å². The van der Waals surface area contributed by atoms with Crippen LogP contribution < -0.4 is 4.90 Å². The van der Waals surface area contributed by atoms with Crippen molar-refractivity contribution in [3.05, 3.63) is 41.7 Å². The van der Waals surface area contributed by atoms with Crippen molar-refractivity contribution in [1.29, 1.82) is 0 Å². The van der Waals surface area contributed by atoms with E-state index in [1.165, 1.54) is 4.68 Å². The fourth-order valence-electron chi connectivity index (χ4n) is 3.38. The second-order valence-corrected chi connectivity index (χ2v) is 8.52. The van der Waals surface area contributed by atoms with Crippen LogP contribution >= 0.6 is 0 Å². The summed E-state index contributed by atoms with van der Waals surface area (Å²) in [5, 5.41) is 18.9. The van der Waals surface area contributed by atoms with Crippen molar-refractivity contribution < 1.29 is 13.9 Å². The average Bonchev–Trinajstić information content (AvgIpc) is 3.24. The van der Waals surface area contributed by atoms with E-state index in [2.05, 4.69) is 20.3 Å². The van der Waals surface area contributed by atoms with E-state index < -0.39 is 24.0 Å². The lowest BCUT2D eigenvalue weighted by Gasteiger charge is -2.22. The third-order valence-electron chi connectivity index (χ3n) is 5.01. The molecule has 1 aromatic carbocycles. The first-order valence-electron chi connectivity index (χ1n) is 9.61. The lowest BCUT2D eigenvalue weighted by molar-refractivity contribution is 0.0257. The van der Waals surface area contributed by atoms with Crippen molar-refractivity contribution in [2.24, 2.45) is 0 Å². The maximum absolute atomic E-state index is 13.8. The number of aromatic nitrogens is 5. The van der Waals surface area contributed by atoms with Gasteiger partial charge in [-0.05, 0) is 5.56 Å². The van der Waals surface area contributed by atoms with E-state index in [-0.39, 0.29) is 19.5 Å². The van der Waals surface area contributed by atoms with E-state index in [1.807, 2.05) is 51.1 Å². The van der Waals surface area contributed by atoms with Gasteiger partial charge in [-0.1, -0.05) is 56.3 Å². The molecule has 154 valence electrons. The summed E-state index contributed by atoms with van der Waals surface area (Å²) in [7, 11) is 0. The van der Waals surface area contributed by atoms with Gasteiger partial charge in [-0.15, -0.1) is 5.10 Å². The third kappa shape index (κ3) is 3.91. The number of fused-ring (bicyclic) bond motifs is 1. The Morgan fingerprint density at radius 2 is 1.90 bits per heavy atom. The van der Waals surface area contributed by atoms with E-state index in [9.17, 15) is 13.9 Å². The molecule has 9 heteroatoms. The molecule has 0 aliphatic carbocycles. The minimum atomic E-state index is -2.75. The van der Waals surface area contributed by atoms with Crippen LogP contribution in [0.25, 0.3) is 11.2 Å². The molecule has 3 aromatic rings. The zero-order valence-corrected chi connectivity index (χ0v) is 16.7. The zero-order valence-electron chi connectivity index (χ0n) is 16.7. The van der Waals surface area contributed by atoms with E-state index in [0.717, 1.165) is 5.56 Å². The Labute approximate surface area is 167 Å². The predicted molar refractivity (Wildman–Crippen MR) is 105 cm³/mol. The molecule has 1 saturated heterocycles. The molecule has 1 N–H and O–H groups in total. The Morgan fingerprint density at radius 3 is 2.52 bits per heavy atom. The molecule has 1 aliphatic rings. The summed E-state index contributed by atoms with van der Waals surface area (Å²) < 4.78 is 29.2. The van der Waals surface area contributed by atoms with Crippen LogP contribution in [0.15, 0.2) is 30.3 Å². The number of benzene rings is 1. The standard InChI is InChI=1S/C20H24F2N6O/c1-19(2,3)18-23-16(27-10-9-20(21,22)12-27)15-17(24-18)28(26-25-15)11-14(29)13-7-5-4-6-8-13/h4-8,14,29H,9-12H2,1-3H3. The highest BCUT2D eigenvalue weighted by Gasteiger charge is 2.40. The molecule has 3 heterocycles. The molecule has 7 nitrogen and oxygen atoms in total. The molecule has 0 radical (unpaired) electrons. The topological polar surface area (TPSA) is 80.0 Å². The molecule has 1 fully saturated rings. The number of halogens is 2. The molecule has 0 saturated carbocycles. The van der Waals surface area contributed by atoms with E-state index in [4.69, 9.17) is 0 Å². The summed E-state index contributed by atoms with van der Waals surface area (Å²) in [5.41, 5.74) is 1.17. The number of alkyl halides is 2. The number of nitrogens with zero attached hydrogens (tertiary/aromatic N) is 6. The number of anilines is 1. The second-order valence-electron chi connectivity index (χ2n) is 8.52. The average molecular weight is 402 g/mol. The molecule has 0 spiro atoms. The molecule has 1 unspecified atom stereocenters. The van der Waals surface area contributed by atoms with Gasteiger partial charge in [-0.3, -0.25) is 0 Å². The molecule has 1 aliphatic heterocycles. The van der Waals surface area contributed by atoms with Gasteiger partial charge in [0.25, 0.3) is 5.92 Å². The van der Waals surface area contributed by atoms with Crippen LogP contribution in [0.3, 0.4) is 0 Å². The van der Waals surface area contributed by atoms with Crippen molar-refractivity contribution in [1.82, 2.24) is 25.0 Å². The van der Waals surface area contributed by atoms with Crippen molar-refractivity contribution in [2.75, 3.05) is 18.0 Å². The summed E-state index contributed by atoms with van der Waals surface area (Å²) in [5.74, 6) is -1.86. The number of hydrogen-bond acceptors (Lipinski definition) is 6. The summed E-state index contributed by atoms with van der Waals surface area (Å²) in [4.78, 5) is 10.7. The first-order chi connectivity index (χ1) is 13.6. The monoisotopic (exact) mass is 402 g/mol. The normalized spacial score (nSPS) is 17.8. The van der Waals surface area contributed by atoms with Gasteiger partial charge in [-0.25, -0.2) is 23.4 Å². The van der Waals surface area contributed by atoms with Gasteiger partial charge >= 0.3 is 0 Å². The zero-order chi connectivity index (χ0) is 20.8. The minimum Gasteiger partial charge on any atom is -0.386 e. The van der Waals surface area contributed by atoms with Crippen LogP contribution in [0.2, 0.25) is 0 Å². The molecule has 1 atom stereocenters. The number of aliphatic hydroxyl groups is 1. The van der Waals surface area contributed by atoms with Gasteiger partial charge < -0.3 is 10.0 Å². The van der Waals surface area contributed by atoms with Gasteiger partial charge in [0.2, 0.25) is 0 Å². The highest BCUT2D eigenvalue weighted by atomic mass is 19.3. The van der Waals surface area contributed by atoms with Crippen LogP contribution in [-0.2, 0) is 12.0 Å². The molecular formula is C20H24F2N6O. The number of hydrogen-bond donors (Lipinski definition) is 1. The first-order valence-corrected chi connectivity index (χ1v) is 9.61. The van der Waals surface area contributed by atoms with E-state index in [1.54, 1.807) is 4.90 Å². The Hall–Kier alpha value is -2.68. The summed E-state index contributed by atoms with van der Waals surface area (Å²) in [6.45, 7) is 5.83. The van der Waals surface area contributed by atoms with Crippen LogP contribution in [0.4, 0.5) is 14.6 Å². The van der Waals surface area contributed by atoms with Crippen molar-refractivity contribution in [3.63, 3.8) is 0 Å². The van der Waals surface area contributed by atoms with Gasteiger partial charge in [-0.2, -0.15) is 0 Å². The Bertz CT molecular complexity index is 1010. The molecule has 29 heavy (non-hydrogen) atoms. The molecular weight excluding hydrogens is 378 g/mol. The predicted octanol–water partition coefficient (Wildman–Crippen LogP) is 3.10. The van der Waals surface area contributed by atoms with E-state index >= 15 is 0 Å². The molecule has 0 amide bonds. The second kappa shape index (κ2) is 6.98. The highest BCUT2D eigenvalue weighted by Crippen LogP contribution is 2.34. The molecule has 2 aromatic heterocycles. The summed E-state index contributed by atoms with van der Waals surface area (Å²) >= 11 is 0. The van der Waals surface area contributed by atoms with Crippen LogP contribution in [0.5, 0.6) is 0 Å². The van der Waals surface area contributed by atoms with Gasteiger partial charge in [0.05, 0.1) is 19.2 Å². The lowest BCUT2D eigenvalue weighted by atomic mass is 9.96. The van der Waals surface area contributed by atoms with Crippen molar-refractivity contribution in [2.45, 2.75) is 51.2 Å². The maximum atomic E-state index is 13.8. The minimum absolute atomic E-state index is 0.150. The number of aliphatic hydroxyl groups excluding tert-OH is 1. The first kappa shape index (κ1) is 19.6. The Morgan fingerprint density at radius 1 is 1.17 bits per heavy atom. The maximum Gasteiger partial charge on any atom is 0.266 e. The quantitative estimate of drug-likeness (QED) is 0.722. The SMILES string of the molecule is CC(C)(C)c1nc(N2CCC(F)(F)C2)c2nnn(CC(O)c3ccccc3)c2n1. The highest BCUT2D eigenvalue weighted by molar-refractivity contribution is 5.83. The Kier molecular flexibility index (Phi) is 4.72. The smallest absolute Gasteiger partial charge is 0.266 e. The van der Waals surface area contributed by atoms with Crippen LogP contribution in [-0.4, -0.2) is 49.1 Å². The van der Waals surface area contributed by atoms with Crippen LogP contribution in [0, 0.1) is 0 Å². The fraction of sp³-hybridized carbons (Fsp3) is 0.500. The molecule has 0 bridgehead atoms. The molecule has 4 rings (SSSR count). The summed E-state index contributed by atoms with van der Waals surface area (Å²) in [6.07, 6.45) is -1.02. The van der Waals surface area contributed by atoms with Gasteiger partial charge in [0, 0.05) is 18.4 Å². The number of rotatable bonds is 4.